The summed E-state index contributed by atoms with van der Waals surface area (Å²) in [6.45, 7) is 3.67. The van der Waals surface area contributed by atoms with Crippen molar-refractivity contribution in [1.29, 1.82) is 0 Å². The summed E-state index contributed by atoms with van der Waals surface area (Å²) >= 11 is 0. The Morgan fingerprint density at radius 3 is 2.58 bits per heavy atom. The van der Waals surface area contributed by atoms with Gasteiger partial charge in [-0.15, -0.1) is 10.2 Å². The second-order valence-corrected chi connectivity index (χ2v) is 5.67. The SMILES string of the molecule is CC(C)C[C@H](NC(N)=O)C(=O)OCc1nnc(-c2ccccc2)o1. The molecule has 24 heavy (non-hydrogen) atoms. The first kappa shape index (κ1) is 17.5. The van der Waals surface area contributed by atoms with E-state index in [9.17, 15) is 9.59 Å². The number of nitrogens with zero attached hydrogens (tertiary/aromatic N) is 2. The third-order valence-corrected chi connectivity index (χ3v) is 3.13. The Morgan fingerprint density at radius 1 is 1.25 bits per heavy atom. The number of urea groups is 1. The molecule has 0 radical (unpaired) electrons. The first-order valence-electron chi connectivity index (χ1n) is 7.56. The number of esters is 1. The zero-order valence-electron chi connectivity index (χ0n) is 13.6. The van der Waals surface area contributed by atoms with E-state index in [2.05, 4.69) is 15.5 Å². The zero-order valence-corrected chi connectivity index (χ0v) is 13.6. The summed E-state index contributed by atoms with van der Waals surface area (Å²) < 4.78 is 10.6. The van der Waals surface area contributed by atoms with Gasteiger partial charge in [0.1, 0.15) is 6.04 Å². The van der Waals surface area contributed by atoms with E-state index < -0.39 is 18.0 Å². The van der Waals surface area contributed by atoms with Gasteiger partial charge < -0.3 is 20.2 Å². The van der Waals surface area contributed by atoms with Gasteiger partial charge >= 0.3 is 12.0 Å². The van der Waals surface area contributed by atoms with E-state index in [0.717, 1.165) is 5.56 Å². The molecule has 0 bridgehead atoms. The molecule has 3 N–H and O–H groups in total. The molecule has 8 nitrogen and oxygen atoms in total. The highest BCUT2D eigenvalue weighted by Crippen LogP contribution is 2.17. The van der Waals surface area contributed by atoms with Crippen LogP contribution in [0.15, 0.2) is 34.7 Å². The van der Waals surface area contributed by atoms with Crippen LogP contribution < -0.4 is 11.1 Å². The number of aromatic nitrogens is 2. The molecule has 0 spiro atoms. The normalized spacial score (nSPS) is 12.0. The van der Waals surface area contributed by atoms with Gasteiger partial charge in [0.2, 0.25) is 5.89 Å². The van der Waals surface area contributed by atoms with Gasteiger partial charge in [-0.1, -0.05) is 32.0 Å². The molecule has 0 saturated heterocycles. The maximum Gasteiger partial charge on any atom is 0.329 e. The molecule has 0 fully saturated rings. The van der Waals surface area contributed by atoms with Gasteiger partial charge in [-0.2, -0.15) is 0 Å². The zero-order chi connectivity index (χ0) is 17.5. The molecule has 0 saturated carbocycles. The summed E-state index contributed by atoms with van der Waals surface area (Å²) in [4.78, 5) is 23.1. The van der Waals surface area contributed by atoms with Crippen LogP contribution in [0.25, 0.3) is 11.5 Å². The summed E-state index contributed by atoms with van der Waals surface area (Å²) in [5.41, 5.74) is 5.86. The lowest BCUT2D eigenvalue weighted by Gasteiger charge is -2.17. The van der Waals surface area contributed by atoms with Gasteiger partial charge in [0, 0.05) is 5.56 Å². The lowest BCUT2D eigenvalue weighted by molar-refractivity contribution is -0.148. The third kappa shape index (κ3) is 5.08. The number of hydrogen-bond acceptors (Lipinski definition) is 6. The Labute approximate surface area is 139 Å². The van der Waals surface area contributed by atoms with Crippen LogP contribution in [0.5, 0.6) is 0 Å². The molecule has 8 heteroatoms. The van der Waals surface area contributed by atoms with Gasteiger partial charge in [-0.25, -0.2) is 9.59 Å². The van der Waals surface area contributed by atoms with Crippen LogP contribution in [0, 0.1) is 5.92 Å². The number of primary amides is 1. The lowest BCUT2D eigenvalue weighted by Crippen LogP contribution is -2.45. The number of ether oxygens (including phenoxy) is 1. The number of carbonyl (C=O) groups is 2. The minimum absolute atomic E-state index is 0.171. The predicted octanol–water partition coefficient (Wildman–Crippen LogP) is 1.86. The second-order valence-electron chi connectivity index (χ2n) is 5.67. The smallest absolute Gasteiger partial charge is 0.329 e. The molecular formula is C16H20N4O4. The quantitative estimate of drug-likeness (QED) is 0.747. The number of rotatable bonds is 7. The van der Waals surface area contributed by atoms with Crippen LogP contribution in [0.3, 0.4) is 0 Å². The largest absolute Gasteiger partial charge is 0.454 e. The van der Waals surface area contributed by atoms with E-state index >= 15 is 0 Å². The summed E-state index contributed by atoms with van der Waals surface area (Å²) in [7, 11) is 0. The van der Waals surface area contributed by atoms with Crippen molar-refractivity contribution in [3.8, 4) is 11.5 Å². The van der Waals surface area contributed by atoms with Crippen LogP contribution in [-0.2, 0) is 16.1 Å². The van der Waals surface area contributed by atoms with Crippen LogP contribution in [-0.4, -0.2) is 28.2 Å². The first-order valence-corrected chi connectivity index (χ1v) is 7.56. The molecule has 0 aliphatic carbocycles. The molecule has 0 aliphatic heterocycles. The molecule has 0 aliphatic rings. The van der Waals surface area contributed by atoms with E-state index in [1.54, 1.807) is 0 Å². The van der Waals surface area contributed by atoms with Crippen LogP contribution >= 0.6 is 0 Å². The highest BCUT2D eigenvalue weighted by molar-refractivity contribution is 5.82. The molecule has 128 valence electrons. The average molecular weight is 332 g/mol. The van der Waals surface area contributed by atoms with Crippen molar-refractivity contribution in [2.45, 2.75) is 32.9 Å². The Hall–Kier alpha value is -2.90. The van der Waals surface area contributed by atoms with Gasteiger partial charge in [0.05, 0.1) is 0 Å². The highest BCUT2D eigenvalue weighted by atomic mass is 16.5. The Bertz CT molecular complexity index is 684. The van der Waals surface area contributed by atoms with Crippen molar-refractivity contribution < 1.29 is 18.7 Å². The van der Waals surface area contributed by atoms with Gasteiger partial charge in [0.25, 0.3) is 5.89 Å². The number of hydrogen-bond donors (Lipinski definition) is 2. The molecule has 1 atom stereocenters. The van der Waals surface area contributed by atoms with E-state index in [0.29, 0.717) is 12.3 Å². The van der Waals surface area contributed by atoms with Gasteiger partial charge in [-0.3, -0.25) is 0 Å². The van der Waals surface area contributed by atoms with Crippen molar-refractivity contribution in [3.05, 3.63) is 36.2 Å². The average Bonchev–Trinajstić information content (AvgIpc) is 3.01. The molecule has 2 rings (SSSR count). The van der Waals surface area contributed by atoms with E-state index in [1.807, 2.05) is 44.2 Å². The van der Waals surface area contributed by atoms with E-state index in [1.165, 1.54) is 0 Å². The summed E-state index contributed by atoms with van der Waals surface area (Å²) in [5, 5.41) is 10.1. The summed E-state index contributed by atoms with van der Waals surface area (Å²) in [6.07, 6.45) is 0.418. The second kappa shape index (κ2) is 8.09. The lowest BCUT2D eigenvalue weighted by atomic mass is 10.0. The fourth-order valence-electron chi connectivity index (χ4n) is 2.10. The van der Waals surface area contributed by atoms with Crippen molar-refractivity contribution in [3.63, 3.8) is 0 Å². The standard InChI is InChI=1S/C16H20N4O4/c1-10(2)8-12(18-16(17)22)15(21)23-9-13-19-20-14(24-13)11-6-4-3-5-7-11/h3-7,10,12H,8-9H2,1-2H3,(H3,17,18,22)/t12-/m0/s1. The van der Waals surface area contributed by atoms with Crippen LogP contribution in [0.4, 0.5) is 4.79 Å². The summed E-state index contributed by atoms with van der Waals surface area (Å²) in [5.74, 6) is 0.102. The molecule has 0 unspecified atom stereocenters. The molecule has 2 aromatic rings. The Morgan fingerprint density at radius 2 is 1.96 bits per heavy atom. The molecule has 1 heterocycles. The number of nitrogens with two attached hydrogens (primary N) is 1. The van der Waals surface area contributed by atoms with Crippen molar-refractivity contribution in [1.82, 2.24) is 15.5 Å². The predicted molar refractivity (Wildman–Crippen MR) is 85.5 cm³/mol. The van der Waals surface area contributed by atoms with E-state index in [4.69, 9.17) is 14.9 Å². The van der Waals surface area contributed by atoms with Crippen molar-refractivity contribution >= 4 is 12.0 Å². The fraction of sp³-hybridized carbons (Fsp3) is 0.375. The first-order chi connectivity index (χ1) is 11.5. The minimum atomic E-state index is -0.806. The van der Waals surface area contributed by atoms with Gasteiger partial charge in [0.15, 0.2) is 6.61 Å². The Balaban J connectivity index is 1.95. The highest BCUT2D eigenvalue weighted by Gasteiger charge is 2.23. The summed E-state index contributed by atoms with van der Waals surface area (Å²) in [6, 6.07) is 7.66. The Kier molecular flexibility index (Phi) is 5.89. The van der Waals surface area contributed by atoms with Crippen molar-refractivity contribution in [2.24, 2.45) is 11.7 Å². The molecule has 2 amide bonds. The number of benzene rings is 1. The fourth-order valence-corrected chi connectivity index (χ4v) is 2.10. The van der Waals surface area contributed by atoms with Crippen LogP contribution in [0.1, 0.15) is 26.2 Å². The monoisotopic (exact) mass is 332 g/mol. The maximum atomic E-state index is 12.1. The topological polar surface area (TPSA) is 120 Å². The maximum absolute atomic E-state index is 12.1. The number of carbonyl (C=O) groups excluding carboxylic acids is 2. The number of amides is 2. The minimum Gasteiger partial charge on any atom is -0.454 e. The number of nitrogens with one attached hydrogen (secondary N) is 1. The third-order valence-electron chi connectivity index (χ3n) is 3.13. The van der Waals surface area contributed by atoms with Crippen molar-refractivity contribution in [2.75, 3.05) is 0 Å². The molecule has 1 aromatic carbocycles. The van der Waals surface area contributed by atoms with Crippen LogP contribution in [0.2, 0.25) is 0 Å². The molecular weight excluding hydrogens is 312 g/mol. The van der Waals surface area contributed by atoms with Gasteiger partial charge in [-0.05, 0) is 24.5 Å². The molecule has 1 aromatic heterocycles. The van der Waals surface area contributed by atoms with E-state index in [-0.39, 0.29) is 18.4 Å².